The van der Waals surface area contributed by atoms with Gasteiger partial charge in [-0.1, -0.05) is 6.92 Å². The van der Waals surface area contributed by atoms with Crippen molar-refractivity contribution < 1.29 is 9.47 Å². The van der Waals surface area contributed by atoms with Crippen LogP contribution in [0.15, 0.2) is 18.2 Å². The maximum Gasteiger partial charge on any atom is 0.146 e. The molecule has 0 aliphatic heterocycles. The summed E-state index contributed by atoms with van der Waals surface area (Å²) in [6.07, 6.45) is 1.11. The molecule has 3 heteroatoms. The lowest BCUT2D eigenvalue weighted by atomic mass is 10.2. The molecule has 0 aromatic heterocycles. The second-order valence-electron chi connectivity index (χ2n) is 3.71. The number of benzene rings is 1. The fourth-order valence-electron chi connectivity index (χ4n) is 1.18. The molecular formula is C12H19NO2. The first-order valence-electron chi connectivity index (χ1n) is 5.32. The Morgan fingerprint density at radius 3 is 2.67 bits per heavy atom. The molecule has 0 heterocycles. The van der Waals surface area contributed by atoms with Crippen molar-refractivity contribution in [3.63, 3.8) is 0 Å². The van der Waals surface area contributed by atoms with Gasteiger partial charge in [0.05, 0.1) is 18.4 Å². The summed E-state index contributed by atoms with van der Waals surface area (Å²) in [7, 11) is 0. The van der Waals surface area contributed by atoms with Crippen LogP contribution in [-0.4, -0.2) is 12.7 Å². The van der Waals surface area contributed by atoms with Gasteiger partial charge < -0.3 is 15.2 Å². The lowest BCUT2D eigenvalue weighted by molar-refractivity contribution is 0.241. The smallest absolute Gasteiger partial charge is 0.146 e. The maximum atomic E-state index is 5.79. The van der Waals surface area contributed by atoms with Gasteiger partial charge in [0.15, 0.2) is 0 Å². The molecule has 3 nitrogen and oxygen atoms in total. The number of hydrogen-bond donors (Lipinski definition) is 1. The van der Waals surface area contributed by atoms with Gasteiger partial charge in [0, 0.05) is 6.07 Å². The minimum absolute atomic E-state index is 0.119. The zero-order valence-corrected chi connectivity index (χ0v) is 9.62. The number of ether oxygens (including phenoxy) is 2. The highest BCUT2D eigenvalue weighted by Gasteiger charge is 2.04. The van der Waals surface area contributed by atoms with Crippen LogP contribution < -0.4 is 15.2 Å². The van der Waals surface area contributed by atoms with Crippen molar-refractivity contribution in [1.29, 1.82) is 0 Å². The first-order valence-corrected chi connectivity index (χ1v) is 5.32. The van der Waals surface area contributed by atoms with Crippen LogP contribution in [0.3, 0.4) is 0 Å². The van der Waals surface area contributed by atoms with Gasteiger partial charge in [0.25, 0.3) is 0 Å². The van der Waals surface area contributed by atoms with E-state index in [2.05, 4.69) is 6.92 Å². The Labute approximate surface area is 91.2 Å². The average Bonchev–Trinajstić information content (AvgIpc) is 2.18. The minimum Gasteiger partial charge on any atom is -0.493 e. The molecule has 0 radical (unpaired) electrons. The Morgan fingerprint density at radius 1 is 1.33 bits per heavy atom. The third-order valence-corrected chi connectivity index (χ3v) is 1.82. The highest BCUT2D eigenvalue weighted by atomic mass is 16.5. The zero-order valence-electron chi connectivity index (χ0n) is 9.62. The molecule has 0 spiro atoms. The largest absolute Gasteiger partial charge is 0.493 e. The number of nitrogen functional groups attached to an aromatic ring is 1. The molecular weight excluding hydrogens is 190 g/mol. The number of nitrogens with two attached hydrogens (primary N) is 1. The van der Waals surface area contributed by atoms with E-state index in [1.54, 1.807) is 0 Å². The molecule has 0 atom stereocenters. The van der Waals surface area contributed by atoms with Crippen LogP contribution in [0.25, 0.3) is 0 Å². The summed E-state index contributed by atoms with van der Waals surface area (Å²) < 4.78 is 11.1. The molecule has 2 N–H and O–H groups in total. The van der Waals surface area contributed by atoms with Crippen molar-refractivity contribution >= 4 is 5.69 Å². The summed E-state index contributed by atoms with van der Waals surface area (Å²) in [5, 5.41) is 0. The van der Waals surface area contributed by atoms with Crippen LogP contribution in [0, 0.1) is 0 Å². The molecule has 0 fully saturated rings. The Balaban J connectivity index is 2.75. The normalized spacial score (nSPS) is 10.4. The Kier molecular flexibility index (Phi) is 4.28. The number of hydrogen-bond acceptors (Lipinski definition) is 3. The lowest BCUT2D eigenvalue weighted by Gasteiger charge is -2.13. The third-order valence-electron chi connectivity index (χ3n) is 1.82. The molecule has 84 valence electrons. The average molecular weight is 209 g/mol. The summed E-state index contributed by atoms with van der Waals surface area (Å²) in [5.41, 5.74) is 6.43. The molecule has 0 saturated heterocycles. The van der Waals surface area contributed by atoms with Gasteiger partial charge in [-0.25, -0.2) is 0 Å². The quantitative estimate of drug-likeness (QED) is 0.758. The fourth-order valence-corrected chi connectivity index (χ4v) is 1.18. The molecule has 0 aliphatic rings. The monoisotopic (exact) mass is 209 g/mol. The zero-order chi connectivity index (χ0) is 11.3. The van der Waals surface area contributed by atoms with Crippen LogP contribution in [0.2, 0.25) is 0 Å². The second-order valence-corrected chi connectivity index (χ2v) is 3.71. The Bertz CT molecular complexity index is 310. The van der Waals surface area contributed by atoms with Crippen LogP contribution in [-0.2, 0) is 0 Å². The summed E-state index contributed by atoms with van der Waals surface area (Å²) in [6.45, 7) is 6.73. The van der Waals surface area contributed by atoms with Crippen molar-refractivity contribution in [3.05, 3.63) is 18.2 Å². The molecule has 0 saturated carbocycles. The molecule has 1 aromatic carbocycles. The van der Waals surface area contributed by atoms with E-state index in [-0.39, 0.29) is 6.10 Å². The molecule has 1 rings (SSSR count). The van der Waals surface area contributed by atoms with E-state index in [1.165, 1.54) is 0 Å². The highest BCUT2D eigenvalue weighted by molar-refractivity contribution is 5.55. The molecule has 15 heavy (non-hydrogen) atoms. The van der Waals surface area contributed by atoms with E-state index >= 15 is 0 Å². The first kappa shape index (κ1) is 11.7. The van der Waals surface area contributed by atoms with E-state index in [9.17, 15) is 0 Å². The van der Waals surface area contributed by atoms with Gasteiger partial charge in [0.2, 0.25) is 0 Å². The first-order chi connectivity index (χ1) is 7.13. The van der Waals surface area contributed by atoms with Crippen LogP contribution in [0.1, 0.15) is 27.2 Å². The Morgan fingerprint density at radius 2 is 2.07 bits per heavy atom. The second kappa shape index (κ2) is 5.49. The van der Waals surface area contributed by atoms with Crippen LogP contribution in [0.4, 0.5) is 5.69 Å². The third kappa shape index (κ3) is 3.70. The van der Waals surface area contributed by atoms with E-state index in [0.717, 1.165) is 12.2 Å². The van der Waals surface area contributed by atoms with E-state index in [4.69, 9.17) is 15.2 Å². The minimum atomic E-state index is 0.119. The van der Waals surface area contributed by atoms with Gasteiger partial charge in [-0.2, -0.15) is 0 Å². The van der Waals surface area contributed by atoms with Gasteiger partial charge in [-0.15, -0.1) is 0 Å². The van der Waals surface area contributed by atoms with E-state index in [0.29, 0.717) is 18.0 Å². The molecule has 0 unspecified atom stereocenters. The summed E-state index contributed by atoms with van der Waals surface area (Å²) in [4.78, 5) is 0. The number of anilines is 1. The summed E-state index contributed by atoms with van der Waals surface area (Å²) >= 11 is 0. The fraction of sp³-hybridized carbons (Fsp3) is 0.500. The van der Waals surface area contributed by atoms with Crippen molar-refractivity contribution in [3.8, 4) is 11.5 Å². The van der Waals surface area contributed by atoms with E-state index in [1.807, 2.05) is 32.0 Å². The SMILES string of the molecule is CCCOc1ccc(N)c(OC(C)C)c1. The molecule has 0 aliphatic carbocycles. The number of rotatable bonds is 5. The molecule has 0 amide bonds. The van der Waals surface area contributed by atoms with Crippen LogP contribution in [0.5, 0.6) is 11.5 Å². The van der Waals surface area contributed by atoms with Gasteiger partial charge in [0.1, 0.15) is 11.5 Å². The maximum absolute atomic E-state index is 5.79. The summed E-state index contributed by atoms with van der Waals surface area (Å²) in [6, 6.07) is 5.51. The Hall–Kier alpha value is -1.38. The van der Waals surface area contributed by atoms with Crippen molar-refractivity contribution in [2.24, 2.45) is 0 Å². The predicted octanol–water partition coefficient (Wildman–Crippen LogP) is 2.84. The summed E-state index contributed by atoms with van der Waals surface area (Å²) in [5.74, 6) is 1.50. The van der Waals surface area contributed by atoms with Gasteiger partial charge in [-0.3, -0.25) is 0 Å². The topological polar surface area (TPSA) is 44.5 Å². The van der Waals surface area contributed by atoms with E-state index < -0.39 is 0 Å². The van der Waals surface area contributed by atoms with Crippen molar-refractivity contribution in [2.75, 3.05) is 12.3 Å². The standard InChI is InChI=1S/C12H19NO2/c1-4-7-14-10-5-6-11(13)12(8-10)15-9(2)3/h5-6,8-9H,4,7,13H2,1-3H3. The predicted molar refractivity (Wildman–Crippen MR) is 62.4 cm³/mol. The molecule has 0 bridgehead atoms. The molecule has 1 aromatic rings. The van der Waals surface area contributed by atoms with Crippen LogP contribution >= 0.6 is 0 Å². The van der Waals surface area contributed by atoms with Crippen molar-refractivity contribution in [2.45, 2.75) is 33.3 Å². The van der Waals surface area contributed by atoms with Gasteiger partial charge >= 0.3 is 0 Å². The lowest BCUT2D eigenvalue weighted by Crippen LogP contribution is -2.07. The highest BCUT2D eigenvalue weighted by Crippen LogP contribution is 2.27. The van der Waals surface area contributed by atoms with Gasteiger partial charge in [-0.05, 0) is 32.4 Å². The van der Waals surface area contributed by atoms with Crippen molar-refractivity contribution in [1.82, 2.24) is 0 Å².